The molecule has 34 heavy (non-hydrogen) atoms. The van der Waals surface area contributed by atoms with Crippen LogP contribution in [0.5, 0.6) is 0 Å². The fourth-order valence-corrected chi connectivity index (χ4v) is 6.52. The number of likely N-dealkylation sites (N-methyl/N-ethyl adjacent to an activating group) is 2. The average molecular weight is 450 g/mol. The number of hydrogen-bond acceptors (Lipinski definition) is 3. The first-order valence-electron chi connectivity index (χ1n) is 12.2. The predicted molar refractivity (Wildman–Crippen MR) is 135 cm³/mol. The zero-order valence-electron chi connectivity index (χ0n) is 20.0. The summed E-state index contributed by atoms with van der Waals surface area (Å²) in [4.78, 5) is 20.3. The highest BCUT2D eigenvalue weighted by atomic mass is 16.2. The summed E-state index contributed by atoms with van der Waals surface area (Å²) in [5, 5.41) is 0. The van der Waals surface area contributed by atoms with Crippen LogP contribution in [0.4, 0.5) is 0 Å². The molecule has 0 aliphatic carbocycles. The Morgan fingerprint density at radius 3 is 1.85 bits per heavy atom. The number of carbonyl (C=O) groups is 1. The molecule has 3 aromatic carbocycles. The summed E-state index contributed by atoms with van der Waals surface area (Å²) in [6, 6.07) is 30.3. The lowest BCUT2D eigenvalue weighted by Crippen LogP contribution is -2.42. The SMILES string of the molecule is C[C@@H]1C[C@H]2c3ccccc3C(=O)N2C=C1C1N(C)[C@@H](c2ccccc2)[C@H](c2ccccc2)N1C. The second kappa shape index (κ2) is 8.23. The van der Waals surface area contributed by atoms with Crippen LogP contribution in [0.1, 0.15) is 58.5 Å². The van der Waals surface area contributed by atoms with Crippen LogP contribution in [-0.4, -0.2) is 40.9 Å². The van der Waals surface area contributed by atoms with Gasteiger partial charge in [-0.2, -0.15) is 0 Å². The fourth-order valence-electron chi connectivity index (χ4n) is 6.52. The van der Waals surface area contributed by atoms with E-state index < -0.39 is 0 Å². The molecule has 1 fully saturated rings. The van der Waals surface area contributed by atoms with Gasteiger partial charge in [0.15, 0.2) is 0 Å². The van der Waals surface area contributed by atoms with E-state index in [4.69, 9.17) is 0 Å². The number of rotatable bonds is 3. The summed E-state index contributed by atoms with van der Waals surface area (Å²) >= 11 is 0. The molecule has 3 heterocycles. The number of benzene rings is 3. The van der Waals surface area contributed by atoms with Crippen LogP contribution < -0.4 is 0 Å². The number of hydrogen-bond donors (Lipinski definition) is 0. The molecule has 4 atom stereocenters. The van der Waals surface area contributed by atoms with Crippen LogP contribution in [0.25, 0.3) is 0 Å². The number of fused-ring (bicyclic) bond motifs is 3. The lowest BCUT2D eigenvalue weighted by atomic mass is 9.86. The van der Waals surface area contributed by atoms with Crippen molar-refractivity contribution in [3.8, 4) is 0 Å². The molecule has 0 aromatic heterocycles. The van der Waals surface area contributed by atoms with Crippen LogP contribution in [0.15, 0.2) is 96.7 Å². The maximum absolute atomic E-state index is 13.3. The van der Waals surface area contributed by atoms with Crippen molar-refractivity contribution in [2.75, 3.05) is 14.1 Å². The standard InChI is InChI=1S/C30H31N3O/c1-20-18-26-23-16-10-11-17-24(23)30(34)33(26)19-25(20)29-31(2)27(21-12-6-4-7-13-21)28(32(29)3)22-14-8-5-9-15-22/h4-17,19-20,26-29H,18H2,1-3H3/t20-,26+,27+,28+/m1/s1. The normalized spacial score (nSPS) is 27.6. The molecule has 4 nitrogen and oxygen atoms in total. The van der Waals surface area contributed by atoms with Gasteiger partial charge >= 0.3 is 0 Å². The quantitative estimate of drug-likeness (QED) is 0.506. The Hall–Kier alpha value is -3.21. The molecule has 1 saturated heterocycles. The van der Waals surface area contributed by atoms with E-state index in [0.717, 1.165) is 12.0 Å². The topological polar surface area (TPSA) is 26.8 Å². The molecule has 3 aliphatic heterocycles. The summed E-state index contributed by atoms with van der Waals surface area (Å²) in [6.07, 6.45) is 3.25. The van der Waals surface area contributed by atoms with Crippen molar-refractivity contribution in [3.63, 3.8) is 0 Å². The van der Waals surface area contributed by atoms with E-state index in [1.54, 1.807) is 0 Å². The van der Waals surface area contributed by atoms with Gasteiger partial charge in [-0.05, 0) is 54.8 Å². The third kappa shape index (κ3) is 3.17. The molecule has 1 amide bonds. The van der Waals surface area contributed by atoms with E-state index in [-0.39, 0.29) is 30.2 Å². The van der Waals surface area contributed by atoms with Crippen molar-refractivity contribution in [2.24, 2.45) is 5.92 Å². The van der Waals surface area contributed by atoms with E-state index in [2.05, 4.69) is 104 Å². The van der Waals surface area contributed by atoms with E-state index in [0.29, 0.717) is 5.92 Å². The summed E-state index contributed by atoms with van der Waals surface area (Å²) in [7, 11) is 4.48. The number of amides is 1. The lowest BCUT2D eigenvalue weighted by Gasteiger charge is -2.39. The summed E-state index contributed by atoms with van der Waals surface area (Å²) < 4.78 is 0. The molecule has 0 radical (unpaired) electrons. The minimum absolute atomic E-state index is 0.114. The van der Waals surface area contributed by atoms with Crippen molar-refractivity contribution in [1.82, 2.24) is 14.7 Å². The average Bonchev–Trinajstić information content (AvgIpc) is 3.29. The molecule has 3 aliphatic rings. The van der Waals surface area contributed by atoms with Crippen LogP contribution in [0.3, 0.4) is 0 Å². The highest BCUT2D eigenvalue weighted by molar-refractivity contribution is 6.00. The molecule has 0 N–H and O–H groups in total. The molecule has 0 spiro atoms. The van der Waals surface area contributed by atoms with Crippen LogP contribution >= 0.6 is 0 Å². The first kappa shape index (κ1) is 21.3. The Morgan fingerprint density at radius 1 is 0.735 bits per heavy atom. The first-order chi connectivity index (χ1) is 16.6. The third-order valence-electron chi connectivity index (χ3n) is 8.08. The number of carbonyl (C=O) groups excluding carboxylic acids is 1. The van der Waals surface area contributed by atoms with Crippen LogP contribution in [0, 0.1) is 5.92 Å². The lowest BCUT2D eigenvalue weighted by molar-refractivity contribution is 0.0761. The molecule has 4 heteroatoms. The van der Waals surface area contributed by atoms with Gasteiger partial charge in [0.25, 0.3) is 5.91 Å². The molecule has 6 rings (SSSR count). The van der Waals surface area contributed by atoms with E-state index >= 15 is 0 Å². The minimum Gasteiger partial charge on any atom is -0.307 e. The summed E-state index contributed by atoms with van der Waals surface area (Å²) in [5.74, 6) is 0.508. The monoisotopic (exact) mass is 449 g/mol. The largest absolute Gasteiger partial charge is 0.307 e. The molecule has 0 unspecified atom stereocenters. The minimum atomic E-state index is 0.114. The Kier molecular flexibility index (Phi) is 5.16. The smallest absolute Gasteiger partial charge is 0.258 e. The van der Waals surface area contributed by atoms with Crippen molar-refractivity contribution in [1.29, 1.82) is 0 Å². The maximum Gasteiger partial charge on any atom is 0.258 e. The van der Waals surface area contributed by atoms with Crippen molar-refractivity contribution in [3.05, 3.63) is 119 Å². The van der Waals surface area contributed by atoms with Gasteiger partial charge in [0.05, 0.1) is 24.3 Å². The van der Waals surface area contributed by atoms with Crippen molar-refractivity contribution >= 4 is 5.91 Å². The second-order valence-corrected chi connectivity index (χ2v) is 10.00. The Bertz CT molecular complexity index is 1190. The van der Waals surface area contributed by atoms with Crippen molar-refractivity contribution in [2.45, 2.75) is 37.6 Å². The van der Waals surface area contributed by atoms with Gasteiger partial charge in [-0.15, -0.1) is 0 Å². The molecule has 3 aromatic rings. The zero-order chi connectivity index (χ0) is 23.4. The van der Waals surface area contributed by atoms with Gasteiger partial charge in [-0.3, -0.25) is 14.6 Å². The fraction of sp³-hybridized carbons (Fsp3) is 0.300. The van der Waals surface area contributed by atoms with Gasteiger partial charge in [0.1, 0.15) is 0 Å². The molecule has 0 bridgehead atoms. The molecule has 0 saturated carbocycles. The Morgan fingerprint density at radius 2 is 1.26 bits per heavy atom. The van der Waals surface area contributed by atoms with Gasteiger partial charge in [-0.25, -0.2) is 0 Å². The van der Waals surface area contributed by atoms with Crippen LogP contribution in [-0.2, 0) is 0 Å². The highest BCUT2D eigenvalue weighted by Crippen LogP contribution is 2.51. The van der Waals surface area contributed by atoms with Gasteiger partial charge in [0, 0.05) is 11.8 Å². The summed E-state index contributed by atoms with van der Waals surface area (Å²) in [6.45, 7) is 2.32. The van der Waals surface area contributed by atoms with E-state index in [1.807, 2.05) is 23.1 Å². The first-order valence-corrected chi connectivity index (χ1v) is 12.2. The van der Waals surface area contributed by atoms with Gasteiger partial charge in [-0.1, -0.05) is 85.8 Å². The maximum atomic E-state index is 13.3. The molecule has 172 valence electrons. The highest BCUT2D eigenvalue weighted by Gasteiger charge is 2.49. The number of nitrogens with zero attached hydrogens (tertiary/aromatic N) is 3. The van der Waals surface area contributed by atoms with Crippen molar-refractivity contribution < 1.29 is 4.79 Å². The van der Waals surface area contributed by atoms with Gasteiger partial charge < -0.3 is 4.90 Å². The van der Waals surface area contributed by atoms with E-state index in [9.17, 15) is 4.79 Å². The molecular weight excluding hydrogens is 418 g/mol. The van der Waals surface area contributed by atoms with E-state index in [1.165, 1.54) is 22.3 Å². The summed E-state index contributed by atoms with van der Waals surface area (Å²) in [5.41, 5.74) is 5.99. The Labute approximate surface area is 202 Å². The third-order valence-corrected chi connectivity index (χ3v) is 8.08. The zero-order valence-corrected chi connectivity index (χ0v) is 20.0. The molecular formula is C30H31N3O. The second-order valence-electron chi connectivity index (χ2n) is 10.00. The van der Waals surface area contributed by atoms with Gasteiger partial charge in [0.2, 0.25) is 0 Å². The Balaban J connectivity index is 1.43. The van der Waals surface area contributed by atoms with Crippen LogP contribution in [0.2, 0.25) is 0 Å². The predicted octanol–water partition coefficient (Wildman–Crippen LogP) is 5.79.